The van der Waals surface area contributed by atoms with E-state index in [1.54, 1.807) is 0 Å². The van der Waals surface area contributed by atoms with Gasteiger partial charge in [0.05, 0.1) is 0 Å². The SMILES string of the molecule is C[C-](C)C.C[C-](C)C.C[C-](C)C.[CH2-]CC.[Li+].[Li+].[Zn+2]. The van der Waals surface area contributed by atoms with Gasteiger partial charge in [0.2, 0.25) is 0 Å². The molecule has 0 rings (SSSR count). The molecule has 0 aromatic rings. The van der Waals surface area contributed by atoms with Crippen molar-refractivity contribution in [2.75, 3.05) is 0 Å². The van der Waals surface area contributed by atoms with Crippen LogP contribution in [0, 0.1) is 24.7 Å². The molecule has 0 aliphatic rings. The third-order valence-corrected chi connectivity index (χ3v) is 0. The molecule has 0 saturated heterocycles. The van der Waals surface area contributed by atoms with Crippen LogP contribution < -0.4 is 37.7 Å². The van der Waals surface area contributed by atoms with Crippen LogP contribution in [-0.4, -0.2) is 0 Å². The molecule has 0 N–H and O–H groups in total. The summed E-state index contributed by atoms with van der Waals surface area (Å²) in [6.45, 7) is 24.2. The Morgan fingerprint density at radius 1 is 0.611 bits per heavy atom. The molecule has 0 aliphatic carbocycles. The monoisotopic (exact) mass is 292 g/mol. The van der Waals surface area contributed by atoms with Gasteiger partial charge in [0, 0.05) is 0 Å². The first kappa shape index (κ1) is 42.7. The minimum absolute atomic E-state index is 0. The zero-order chi connectivity index (χ0) is 13.4. The van der Waals surface area contributed by atoms with Gasteiger partial charge in [-0.3, -0.25) is 0 Å². The summed E-state index contributed by atoms with van der Waals surface area (Å²) in [5.41, 5.74) is 0. The van der Waals surface area contributed by atoms with E-state index in [2.05, 4.69) is 69.2 Å². The fourth-order valence-electron chi connectivity index (χ4n) is 0. The van der Waals surface area contributed by atoms with Crippen molar-refractivity contribution in [3.8, 4) is 0 Å². The molecule has 0 spiro atoms. The van der Waals surface area contributed by atoms with Gasteiger partial charge >= 0.3 is 57.2 Å². The second-order valence-corrected chi connectivity index (χ2v) is 5.00. The summed E-state index contributed by atoms with van der Waals surface area (Å²) in [5.74, 6) is 4.25. The maximum atomic E-state index is 3.49. The largest absolute Gasteiger partial charge is 2.00 e. The number of rotatable bonds is 0. The van der Waals surface area contributed by atoms with Crippen LogP contribution >= 0.6 is 0 Å². The summed E-state index contributed by atoms with van der Waals surface area (Å²) >= 11 is 0. The van der Waals surface area contributed by atoms with E-state index in [-0.39, 0.29) is 57.2 Å². The first-order valence-corrected chi connectivity index (χ1v) is 5.71. The van der Waals surface area contributed by atoms with Gasteiger partial charge in [-0.1, -0.05) is 6.92 Å². The molecule has 3 heteroatoms. The quantitative estimate of drug-likeness (QED) is 0.439. The summed E-state index contributed by atoms with van der Waals surface area (Å²) in [7, 11) is 0. The average molecular weight is 294 g/mol. The van der Waals surface area contributed by atoms with E-state index in [9.17, 15) is 0 Å². The zero-order valence-electron chi connectivity index (χ0n) is 15.6. The minimum atomic E-state index is 0. The molecule has 0 radical (unpaired) electrons. The van der Waals surface area contributed by atoms with Gasteiger partial charge < -0.3 is 24.7 Å². The maximum Gasteiger partial charge on any atom is 2.00 e. The predicted molar refractivity (Wildman–Crippen MR) is 76.4 cm³/mol. The molecule has 0 saturated carbocycles. The molecular formula is C15H34Li2Zn. The maximum absolute atomic E-state index is 3.49. The Kier molecular flexibility index (Phi) is 102. The molecular weight excluding hydrogens is 259 g/mol. The molecule has 0 nitrogen and oxygen atoms in total. The van der Waals surface area contributed by atoms with Gasteiger partial charge in [-0.25, -0.2) is 0 Å². The van der Waals surface area contributed by atoms with E-state index in [1.165, 1.54) is 17.8 Å². The van der Waals surface area contributed by atoms with Crippen LogP contribution in [0.3, 0.4) is 0 Å². The van der Waals surface area contributed by atoms with Crippen molar-refractivity contribution < 1.29 is 57.2 Å². The second kappa shape index (κ2) is 42.8. The Labute approximate surface area is 156 Å². The Bertz CT molecular complexity index is 52.4. The van der Waals surface area contributed by atoms with Crippen molar-refractivity contribution in [1.82, 2.24) is 0 Å². The summed E-state index contributed by atoms with van der Waals surface area (Å²) in [6.07, 6.45) is 1.00. The van der Waals surface area contributed by atoms with Gasteiger partial charge in [-0.05, 0) is 0 Å². The number of hydrogen-bond donors (Lipinski definition) is 0. The van der Waals surface area contributed by atoms with Crippen LogP contribution in [0.15, 0.2) is 0 Å². The Balaban J connectivity index is -0.0000000171. The summed E-state index contributed by atoms with van der Waals surface area (Å²) in [6, 6.07) is 0. The average Bonchev–Trinajstić information content (AvgIpc) is 1.81. The van der Waals surface area contributed by atoms with Crippen molar-refractivity contribution in [3.63, 3.8) is 0 Å². The van der Waals surface area contributed by atoms with Crippen molar-refractivity contribution in [2.45, 2.75) is 75.7 Å². The van der Waals surface area contributed by atoms with E-state index in [1.807, 2.05) is 6.92 Å². The predicted octanol–water partition coefficient (Wildman–Crippen LogP) is 0.0978. The molecule has 0 fully saturated rings. The van der Waals surface area contributed by atoms with Crippen LogP contribution in [0.2, 0.25) is 0 Å². The Morgan fingerprint density at radius 2 is 0.611 bits per heavy atom. The van der Waals surface area contributed by atoms with E-state index >= 15 is 0 Å². The van der Waals surface area contributed by atoms with Gasteiger partial charge in [0.25, 0.3) is 0 Å². The molecule has 0 bridgehead atoms. The van der Waals surface area contributed by atoms with Crippen molar-refractivity contribution in [2.24, 2.45) is 0 Å². The van der Waals surface area contributed by atoms with Gasteiger partial charge in [-0.15, -0.1) is 0 Å². The second-order valence-electron chi connectivity index (χ2n) is 5.00. The third-order valence-electron chi connectivity index (χ3n) is 0. The fraction of sp³-hybridized carbons (Fsp3) is 0.733. The molecule has 98 valence electrons. The standard InChI is InChI=1S/3C4H9.C3H7.2Li.Zn/c3*1-4(2)3;1-3-2;;;/h3*1-3H3;1,3H2,2H3;;;/q4*-1;2*+1;+2. The van der Waals surface area contributed by atoms with Crippen LogP contribution in [0.4, 0.5) is 0 Å². The first-order valence-electron chi connectivity index (χ1n) is 5.71. The molecule has 0 amide bonds. The van der Waals surface area contributed by atoms with E-state index in [4.69, 9.17) is 0 Å². The van der Waals surface area contributed by atoms with E-state index in [0.717, 1.165) is 6.42 Å². The third kappa shape index (κ3) is 1520. The smallest absolute Gasteiger partial charge is 0.344 e. The topological polar surface area (TPSA) is 0 Å². The first-order chi connectivity index (χ1) is 6.61. The molecule has 0 aromatic heterocycles. The Hall–Kier alpha value is 1.82. The molecule has 0 aromatic carbocycles. The van der Waals surface area contributed by atoms with Crippen molar-refractivity contribution in [1.29, 1.82) is 0 Å². The van der Waals surface area contributed by atoms with Gasteiger partial charge in [-0.2, -0.15) is 68.7 Å². The minimum Gasteiger partial charge on any atom is -0.344 e. The zero-order valence-corrected chi connectivity index (χ0v) is 18.6. The summed E-state index contributed by atoms with van der Waals surface area (Å²) in [4.78, 5) is 0. The molecule has 0 unspecified atom stereocenters. The van der Waals surface area contributed by atoms with Crippen molar-refractivity contribution in [3.05, 3.63) is 24.7 Å². The van der Waals surface area contributed by atoms with Crippen LogP contribution in [-0.2, 0) is 19.5 Å². The van der Waals surface area contributed by atoms with Crippen LogP contribution in [0.1, 0.15) is 75.7 Å². The number of hydrogen-bond acceptors (Lipinski definition) is 0. The van der Waals surface area contributed by atoms with Crippen LogP contribution in [0.5, 0.6) is 0 Å². The van der Waals surface area contributed by atoms with Gasteiger partial charge in [0.1, 0.15) is 0 Å². The summed E-state index contributed by atoms with van der Waals surface area (Å²) < 4.78 is 0. The van der Waals surface area contributed by atoms with Crippen LogP contribution in [0.25, 0.3) is 0 Å². The van der Waals surface area contributed by atoms with E-state index < -0.39 is 0 Å². The normalized spacial score (nSPS) is 7.00. The van der Waals surface area contributed by atoms with Gasteiger partial charge in [0.15, 0.2) is 0 Å². The molecule has 0 aliphatic heterocycles. The summed E-state index contributed by atoms with van der Waals surface area (Å²) in [5, 5.41) is 0. The Morgan fingerprint density at radius 3 is 0.611 bits per heavy atom. The van der Waals surface area contributed by atoms with Crippen molar-refractivity contribution >= 4 is 0 Å². The fourth-order valence-corrected chi connectivity index (χ4v) is 0. The van der Waals surface area contributed by atoms with E-state index in [0.29, 0.717) is 0 Å². The molecule has 0 atom stereocenters. The molecule has 18 heavy (non-hydrogen) atoms. The molecule has 0 heterocycles.